The lowest BCUT2D eigenvalue weighted by Crippen LogP contribution is -2.11. The standard InChI is InChI=1S/C11H10BrNO3/c1-5-9(10(14)11(15)16)7-4-6(12)2-3-8(7)13-5/h2-4,10,13-14H,1H3,(H,15,16). The molecule has 84 valence electrons. The predicted molar refractivity (Wildman–Crippen MR) is 63.3 cm³/mol. The molecular weight excluding hydrogens is 274 g/mol. The quantitative estimate of drug-likeness (QED) is 0.792. The monoisotopic (exact) mass is 283 g/mol. The molecule has 2 rings (SSSR count). The van der Waals surface area contributed by atoms with Crippen LogP contribution in [0, 0.1) is 6.92 Å². The van der Waals surface area contributed by atoms with Crippen LogP contribution in [0.2, 0.25) is 0 Å². The van der Waals surface area contributed by atoms with Crippen molar-refractivity contribution in [1.29, 1.82) is 0 Å². The third kappa shape index (κ3) is 1.72. The summed E-state index contributed by atoms with van der Waals surface area (Å²) in [6, 6.07) is 5.49. The van der Waals surface area contributed by atoms with Crippen LogP contribution in [0.5, 0.6) is 0 Å². The van der Waals surface area contributed by atoms with Gasteiger partial charge in [0, 0.05) is 26.6 Å². The average Bonchev–Trinajstić information content (AvgIpc) is 2.52. The molecular formula is C11H10BrNO3. The van der Waals surface area contributed by atoms with Gasteiger partial charge in [0.1, 0.15) is 0 Å². The van der Waals surface area contributed by atoms with Gasteiger partial charge >= 0.3 is 5.97 Å². The minimum Gasteiger partial charge on any atom is -0.479 e. The molecule has 0 saturated heterocycles. The zero-order valence-electron chi connectivity index (χ0n) is 8.49. The molecule has 4 nitrogen and oxygen atoms in total. The number of aromatic amines is 1. The number of carboxylic acid groups (broad SMARTS) is 1. The molecule has 0 aliphatic rings. The van der Waals surface area contributed by atoms with E-state index >= 15 is 0 Å². The Balaban J connectivity index is 2.72. The van der Waals surface area contributed by atoms with Crippen molar-refractivity contribution in [3.8, 4) is 0 Å². The minimum atomic E-state index is -1.50. The first-order valence-corrected chi connectivity index (χ1v) is 5.48. The molecule has 0 fully saturated rings. The molecule has 0 spiro atoms. The topological polar surface area (TPSA) is 73.3 Å². The highest BCUT2D eigenvalue weighted by Crippen LogP contribution is 2.30. The number of carboxylic acids is 1. The molecule has 5 heteroatoms. The summed E-state index contributed by atoms with van der Waals surface area (Å²) in [6.07, 6.45) is -1.50. The molecule has 0 aliphatic heterocycles. The van der Waals surface area contributed by atoms with Gasteiger partial charge < -0.3 is 15.2 Å². The smallest absolute Gasteiger partial charge is 0.337 e. The van der Waals surface area contributed by atoms with Crippen LogP contribution in [0.3, 0.4) is 0 Å². The summed E-state index contributed by atoms with van der Waals surface area (Å²) in [5.74, 6) is -1.25. The van der Waals surface area contributed by atoms with E-state index in [4.69, 9.17) is 5.11 Å². The van der Waals surface area contributed by atoms with Crippen LogP contribution in [0.1, 0.15) is 17.4 Å². The summed E-state index contributed by atoms with van der Waals surface area (Å²) in [5.41, 5.74) is 1.91. The third-order valence-corrected chi connectivity index (χ3v) is 3.00. The number of benzene rings is 1. The number of fused-ring (bicyclic) bond motifs is 1. The highest BCUT2D eigenvalue weighted by molar-refractivity contribution is 9.10. The maximum absolute atomic E-state index is 10.8. The van der Waals surface area contributed by atoms with Crippen LogP contribution in [0.4, 0.5) is 0 Å². The fourth-order valence-electron chi connectivity index (χ4n) is 1.80. The van der Waals surface area contributed by atoms with Crippen molar-refractivity contribution in [2.45, 2.75) is 13.0 Å². The molecule has 3 N–H and O–H groups in total. The second-order valence-electron chi connectivity index (χ2n) is 3.59. The Morgan fingerprint density at radius 2 is 2.19 bits per heavy atom. The molecule has 1 aromatic heterocycles. The molecule has 0 aliphatic carbocycles. The first-order chi connectivity index (χ1) is 7.50. The molecule has 1 atom stereocenters. The SMILES string of the molecule is Cc1[nH]c2ccc(Br)cc2c1C(O)C(=O)O. The molecule has 1 aromatic carbocycles. The van der Waals surface area contributed by atoms with Crippen LogP contribution in [0.25, 0.3) is 10.9 Å². The van der Waals surface area contributed by atoms with Crippen molar-refractivity contribution in [3.63, 3.8) is 0 Å². The largest absolute Gasteiger partial charge is 0.479 e. The highest BCUT2D eigenvalue weighted by Gasteiger charge is 2.22. The summed E-state index contributed by atoms with van der Waals surface area (Å²) < 4.78 is 0.845. The second kappa shape index (κ2) is 3.92. The van der Waals surface area contributed by atoms with Gasteiger partial charge in [-0.2, -0.15) is 0 Å². The van der Waals surface area contributed by atoms with E-state index < -0.39 is 12.1 Å². The van der Waals surface area contributed by atoms with Gasteiger partial charge in [-0.3, -0.25) is 0 Å². The zero-order chi connectivity index (χ0) is 11.9. The predicted octanol–water partition coefficient (Wildman–Crippen LogP) is 2.36. The normalized spacial score (nSPS) is 12.9. The number of H-pyrrole nitrogens is 1. The molecule has 0 saturated carbocycles. The highest BCUT2D eigenvalue weighted by atomic mass is 79.9. The van der Waals surface area contributed by atoms with E-state index in [1.54, 1.807) is 13.0 Å². The third-order valence-electron chi connectivity index (χ3n) is 2.51. The maximum Gasteiger partial charge on any atom is 0.337 e. The van der Waals surface area contributed by atoms with Crippen molar-refractivity contribution >= 4 is 32.8 Å². The molecule has 0 amide bonds. The van der Waals surface area contributed by atoms with E-state index in [1.807, 2.05) is 12.1 Å². The first-order valence-electron chi connectivity index (χ1n) is 4.69. The minimum absolute atomic E-state index is 0.420. The molecule has 1 heterocycles. The van der Waals surface area contributed by atoms with Gasteiger partial charge in [0.2, 0.25) is 0 Å². The summed E-state index contributed by atoms with van der Waals surface area (Å²) in [6.45, 7) is 1.75. The summed E-state index contributed by atoms with van der Waals surface area (Å²) in [4.78, 5) is 13.8. The van der Waals surface area contributed by atoms with Crippen LogP contribution >= 0.6 is 15.9 Å². The van der Waals surface area contributed by atoms with Crippen LogP contribution in [0.15, 0.2) is 22.7 Å². The van der Waals surface area contributed by atoms with Crippen LogP contribution in [-0.2, 0) is 4.79 Å². The Labute approximate surface area is 100 Å². The summed E-state index contributed by atoms with van der Waals surface area (Å²) in [7, 11) is 0. The lowest BCUT2D eigenvalue weighted by atomic mass is 10.1. The van der Waals surface area contributed by atoms with E-state index in [2.05, 4.69) is 20.9 Å². The van der Waals surface area contributed by atoms with E-state index in [0.717, 1.165) is 15.4 Å². The number of halogens is 1. The van der Waals surface area contributed by atoms with Gasteiger partial charge in [0.15, 0.2) is 6.10 Å². The first kappa shape index (κ1) is 11.2. The van der Waals surface area contributed by atoms with Crippen molar-refractivity contribution in [2.75, 3.05) is 0 Å². The second-order valence-corrected chi connectivity index (χ2v) is 4.51. The van der Waals surface area contributed by atoms with Gasteiger partial charge in [-0.1, -0.05) is 15.9 Å². The van der Waals surface area contributed by atoms with Crippen LogP contribution < -0.4 is 0 Å². The number of rotatable bonds is 2. The van der Waals surface area contributed by atoms with Crippen molar-refractivity contribution in [3.05, 3.63) is 33.9 Å². The number of aryl methyl sites for hydroxylation is 1. The summed E-state index contributed by atoms with van der Waals surface area (Å²) in [5, 5.41) is 19.2. The number of aliphatic carboxylic acids is 1. The molecule has 2 aromatic rings. The van der Waals surface area contributed by atoms with E-state index in [-0.39, 0.29) is 0 Å². The Hall–Kier alpha value is -1.33. The molecule has 0 radical (unpaired) electrons. The number of hydrogen-bond donors (Lipinski definition) is 3. The number of aliphatic hydroxyl groups excluding tert-OH is 1. The Morgan fingerprint density at radius 1 is 1.50 bits per heavy atom. The van der Waals surface area contributed by atoms with Crippen LogP contribution in [-0.4, -0.2) is 21.2 Å². The van der Waals surface area contributed by atoms with Gasteiger partial charge in [-0.05, 0) is 25.1 Å². The van der Waals surface area contributed by atoms with E-state index in [9.17, 15) is 9.90 Å². The fourth-order valence-corrected chi connectivity index (χ4v) is 2.16. The molecule has 1 unspecified atom stereocenters. The summed E-state index contributed by atoms with van der Waals surface area (Å²) >= 11 is 3.32. The number of hydrogen-bond acceptors (Lipinski definition) is 2. The Kier molecular flexibility index (Phi) is 2.73. The number of carbonyl (C=O) groups is 1. The molecule has 0 bridgehead atoms. The lowest BCUT2D eigenvalue weighted by Gasteiger charge is -2.05. The average molecular weight is 284 g/mol. The number of nitrogens with one attached hydrogen (secondary N) is 1. The number of aromatic nitrogens is 1. The van der Waals surface area contributed by atoms with E-state index in [1.165, 1.54) is 0 Å². The van der Waals surface area contributed by atoms with Gasteiger partial charge in [-0.15, -0.1) is 0 Å². The van der Waals surface area contributed by atoms with Gasteiger partial charge in [0.25, 0.3) is 0 Å². The van der Waals surface area contributed by atoms with E-state index in [0.29, 0.717) is 11.3 Å². The van der Waals surface area contributed by atoms with Crippen molar-refractivity contribution < 1.29 is 15.0 Å². The Bertz CT molecular complexity index is 562. The molecule has 16 heavy (non-hydrogen) atoms. The Morgan fingerprint density at radius 3 is 2.81 bits per heavy atom. The number of aliphatic hydroxyl groups is 1. The fraction of sp³-hybridized carbons (Fsp3) is 0.182. The van der Waals surface area contributed by atoms with Gasteiger partial charge in [0.05, 0.1) is 0 Å². The lowest BCUT2D eigenvalue weighted by molar-refractivity contribution is -0.146. The maximum atomic E-state index is 10.8. The zero-order valence-corrected chi connectivity index (χ0v) is 10.1. The van der Waals surface area contributed by atoms with Crippen molar-refractivity contribution in [2.24, 2.45) is 0 Å². The van der Waals surface area contributed by atoms with Gasteiger partial charge in [-0.25, -0.2) is 4.79 Å². The van der Waals surface area contributed by atoms with Crippen molar-refractivity contribution in [1.82, 2.24) is 4.98 Å².